The van der Waals surface area contributed by atoms with Crippen LogP contribution >= 0.6 is 11.3 Å². The molecule has 0 amide bonds. The van der Waals surface area contributed by atoms with Gasteiger partial charge in [-0.15, -0.1) is 11.3 Å². The molecule has 0 saturated carbocycles. The second-order valence-electron chi connectivity index (χ2n) is 16.6. The zero-order chi connectivity index (χ0) is 41.2. The molecule has 0 N–H and O–H groups in total. The van der Waals surface area contributed by atoms with Gasteiger partial charge in [-0.25, -0.2) is 15.0 Å². The molecule has 292 valence electrons. The number of benzene rings is 9. The van der Waals surface area contributed by atoms with Crippen LogP contribution in [0.1, 0.15) is 22.3 Å². The minimum absolute atomic E-state index is 0.447. The molecule has 0 aliphatic heterocycles. The summed E-state index contributed by atoms with van der Waals surface area (Å²) in [5.74, 6) is 1.95. The molecule has 2 aliphatic rings. The van der Waals surface area contributed by atoms with Crippen LogP contribution in [-0.2, 0) is 5.41 Å². The molecule has 0 unspecified atom stereocenters. The van der Waals surface area contributed by atoms with Gasteiger partial charge < -0.3 is 4.57 Å². The molecule has 3 heterocycles. The first-order valence-corrected chi connectivity index (χ1v) is 22.3. The molecule has 3 aromatic heterocycles. The highest BCUT2D eigenvalue weighted by Crippen LogP contribution is 2.64. The summed E-state index contributed by atoms with van der Waals surface area (Å²) < 4.78 is 4.97. The Kier molecular flexibility index (Phi) is 7.16. The van der Waals surface area contributed by atoms with E-state index in [-0.39, 0.29) is 0 Å². The zero-order valence-electron chi connectivity index (χ0n) is 33.8. The molecule has 0 bridgehead atoms. The van der Waals surface area contributed by atoms with Crippen molar-refractivity contribution >= 4 is 53.3 Å². The maximum Gasteiger partial charge on any atom is 0.164 e. The van der Waals surface area contributed by atoms with E-state index >= 15 is 0 Å². The van der Waals surface area contributed by atoms with Crippen molar-refractivity contribution in [1.29, 1.82) is 0 Å². The maximum atomic E-state index is 5.25. The van der Waals surface area contributed by atoms with E-state index in [4.69, 9.17) is 15.0 Å². The number of fused-ring (bicyclic) bond motifs is 17. The highest BCUT2D eigenvalue weighted by atomic mass is 32.1. The van der Waals surface area contributed by atoms with Crippen molar-refractivity contribution in [2.45, 2.75) is 5.41 Å². The first kappa shape index (κ1) is 34.7. The van der Waals surface area contributed by atoms with Gasteiger partial charge in [-0.3, -0.25) is 0 Å². The van der Waals surface area contributed by atoms with Gasteiger partial charge in [0.15, 0.2) is 17.5 Å². The van der Waals surface area contributed by atoms with Crippen LogP contribution in [-0.4, -0.2) is 19.5 Å². The summed E-state index contributed by atoms with van der Waals surface area (Å²) >= 11 is 1.84. The molecule has 1 spiro atoms. The molecule has 4 nitrogen and oxygen atoms in total. The van der Waals surface area contributed by atoms with Crippen molar-refractivity contribution in [2.24, 2.45) is 0 Å². The highest BCUT2D eigenvalue weighted by Gasteiger charge is 2.52. The van der Waals surface area contributed by atoms with Crippen molar-refractivity contribution < 1.29 is 0 Å². The Bertz CT molecular complexity index is 3760. The number of thiophene rings is 1. The van der Waals surface area contributed by atoms with Crippen LogP contribution in [0.25, 0.3) is 104 Å². The summed E-state index contributed by atoms with van der Waals surface area (Å²) in [4.78, 5) is 15.5. The fourth-order valence-corrected chi connectivity index (χ4v) is 12.2. The number of hydrogen-bond acceptors (Lipinski definition) is 4. The Labute approximate surface area is 367 Å². The van der Waals surface area contributed by atoms with Crippen LogP contribution in [0.4, 0.5) is 0 Å². The van der Waals surface area contributed by atoms with Crippen LogP contribution in [0.5, 0.6) is 0 Å². The summed E-state index contributed by atoms with van der Waals surface area (Å²) in [6.45, 7) is 0. The lowest BCUT2D eigenvalue weighted by Gasteiger charge is -2.30. The quantitative estimate of drug-likeness (QED) is 0.178. The molecule has 0 radical (unpaired) electrons. The van der Waals surface area contributed by atoms with Gasteiger partial charge in [0.25, 0.3) is 0 Å². The lowest BCUT2D eigenvalue weighted by atomic mass is 9.70. The zero-order valence-corrected chi connectivity index (χ0v) is 34.6. The summed E-state index contributed by atoms with van der Waals surface area (Å²) in [5.41, 5.74) is 16.5. The van der Waals surface area contributed by atoms with E-state index in [0.717, 1.165) is 27.8 Å². The summed E-state index contributed by atoms with van der Waals surface area (Å²) in [7, 11) is 0. The fourth-order valence-electron chi connectivity index (χ4n) is 11.0. The SMILES string of the molecule is c1ccc(-c2nc(-c3ccccc3)nc(-c3ccc(-n4c5ccccc5c5ccc6c(c54)-c4ccccc4C64c5ccccc5-c5ccccc54)c4sc5ccccc5c34)n2)cc1. The van der Waals surface area contributed by atoms with Gasteiger partial charge in [0.2, 0.25) is 0 Å². The molecule has 63 heavy (non-hydrogen) atoms. The third-order valence-corrected chi connectivity index (χ3v) is 14.7. The second kappa shape index (κ2) is 13.0. The number of nitrogens with zero attached hydrogens (tertiary/aromatic N) is 4. The Hall–Kier alpha value is -7.99. The molecular formula is C58H34N4S. The van der Waals surface area contributed by atoms with Crippen LogP contribution in [0.3, 0.4) is 0 Å². The molecule has 0 fully saturated rings. The average Bonchev–Trinajstić information content (AvgIpc) is 4.08. The Morgan fingerprint density at radius 2 is 0.921 bits per heavy atom. The Morgan fingerprint density at radius 3 is 1.60 bits per heavy atom. The molecule has 0 saturated heterocycles. The summed E-state index contributed by atoms with van der Waals surface area (Å²) in [6.07, 6.45) is 0. The van der Waals surface area contributed by atoms with Gasteiger partial charge >= 0.3 is 0 Å². The fraction of sp³-hybridized carbons (Fsp3) is 0.0172. The molecule has 14 rings (SSSR count). The largest absolute Gasteiger partial charge is 0.307 e. The first-order valence-electron chi connectivity index (χ1n) is 21.5. The third-order valence-electron chi connectivity index (χ3n) is 13.5. The van der Waals surface area contributed by atoms with E-state index in [1.807, 2.05) is 47.7 Å². The highest BCUT2D eigenvalue weighted by molar-refractivity contribution is 7.26. The van der Waals surface area contributed by atoms with Crippen molar-refractivity contribution in [3.63, 3.8) is 0 Å². The molecule has 5 heteroatoms. The number of para-hydroxylation sites is 1. The molecule has 0 atom stereocenters. The minimum Gasteiger partial charge on any atom is -0.307 e. The summed E-state index contributed by atoms with van der Waals surface area (Å²) in [5, 5.41) is 4.81. The van der Waals surface area contributed by atoms with Gasteiger partial charge in [-0.1, -0.05) is 182 Å². The van der Waals surface area contributed by atoms with E-state index in [0.29, 0.717) is 17.5 Å². The van der Waals surface area contributed by atoms with Crippen LogP contribution in [0, 0.1) is 0 Å². The van der Waals surface area contributed by atoms with Crippen LogP contribution in [0.15, 0.2) is 206 Å². The Balaban J connectivity index is 1.10. The predicted octanol–water partition coefficient (Wildman–Crippen LogP) is 14.7. The van der Waals surface area contributed by atoms with Crippen molar-refractivity contribution in [3.8, 4) is 62.1 Å². The van der Waals surface area contributed by atoms with Crippen molar-refractivity contribution in [2.75, 3.05) is 0 Å². The molecule has 9 aromatic carbocycles. The molecule has 12 aromatic rings. The van der Waals surface area contributed by atoms with E-state index < -0.39 is 5.41 Å². The predicted molar refractivity (Wildman–Crippen MR) is 260 cm³/mol. The number of aromatic nitrogens is 4. The van der Waals surface area contributed by atoms with Crippen LogP contribution < -0.4 is 0 Å². The van der Waals surface area contributed by atoms with E-state index in [1.165, 1.54) is 81.1 Å². The minimum atomic E-state index is -0.447. The lowest BCUT2D eigenvalue weighted by molar-refractivity contribution is 0.794. The van der Waals surface area contributed by atoms with E-state index in [9.17, 15) is 0 Å². The molecular weight excluding hydrogens is 785 g/mol. The van der Waals surface area contributed by atoms with E-state index in [2.05, 4.69) is 174 Å². The topological polar surface area (TPSA) is 43.6 Å². The monoisotopic (exact) mass is 818 g/mol. The second-order valence-corrected chi connectivity index (χ2v) is 17.6. The smallest absolute Gasteiger partial charge is 0.164 e. The van der Waals surface area contributed by atoms with Gasteiger partial charge in [-0.05, 0) is 63.2 Å². The third kappa shape index (κ3) is 4.66. The van der Waals surface area contributed by atoms with Crippen molar-refractivity contribution in [3.05, 3.63) is 229 Å². The summed E-state index contributed by atoms with van der Waals surface area (Å²) in [6, 6.07) is 74.8. The number of rotatable bonds is 4. The van der Waals surface area contributed by atoms with E-state index in [1.54, 1.807) is 0 Å². The number of hydrogen-bond donors (Lipinski definition) is 0. The average molecular weight is 819 g/mol. The standard InChI is InChI=1S/C58H34N4S/c1-3-17-35(18-4-1)55-59-56(36-19-5-2-6-20-36)61-57(60-55)43-32-34-49(54-51(43)42-25-11-16-30-50(42)63-54)62-48-29-15-10-23-39(48)40-31-33-47-52(53(40)62)41-24-9-14-28-46(41)58(47)44-26-12-7-21-37(44)38-22-8-13-27-45(38)58/h1-34H. The van der Waals surface area contributed by atoms with Crippen LogP contribution in [0.2, 0.25) is 0 Å². The van der Waals surface area contributed by atoms with Crippen molar-refractivity contribution in [1.82, 2.24) is 19.5 Å². The van der Waals surface area contributed by atoms with Gasteiger partial charge in [0, 0.05) is 48.5 Å². The normalized spacial score (nSPS) is 13.2. The van der Waals surface area contributed by atoms with Gasteiger partial charge in [0.1, 0.15) is 0 Å². The lowest BCUT2D eigenvalue weighted by Crippen LogP contribution is -2.25. The maximum absolute atomic E-state index is 5.25. The molecule has 2 aliphatic carbocycles. The Morgan fingerprint density at radius 1 is 0.381 bits per heavy atom. The van der Waals surface area contributed by atoms with Gasteiger partial charge in [-0.2, -0.15) is 0 Å². The first-order chi connectivity index (χ1) is 31.3. The van der Waals surface area contributed by atoms with Gasteiger partial charge in [0.05, 0.1) is 26.8 Å².